The first-order valence-electron chi connectivity index (χ1n) is 7.39. The Balaban J connectivity index is 2.40. The quantitative estimate of drug-likeness (QED) is 0.485. The van der Waals surface area contributed by atoms with Gasteiger partial charge in [-0.2, -0.15) is 0 Å². The van der Waals surface area contributed by atoms with Gasteiger partial charge in [0.2, 0.25) is 0 Å². The molecule has 24 heavy (non-hydrogen) atoms. The average Bonchev–Trinajstić information content (AvgIpc) is 2.46. The van der Waals surface area contributed by atoms with Gasteiger partial charge in [-0.05, 0) is 45.2 Å². The van der Waals surface area contributed by atoms with Crippen LogP contribution < -0.4 is 10.6 Å². The third kappa shape index (κ3) is 8.38. The molecule has 0 fully saturated rings. The zero-order valence-electron chi connectivity index (χ0n) is 14.2. The summed E-state index contributed by atoms with van der Waals surface area (Å²) in [5.74, 6) is -1.34. The predicted molar refractivity (Wildman–Crippen MR) is 93.4 cm³/mol. The zero-order valence-corrected chi connectivity index (χ0v) is 15.0. The molecule has 0 aliphatic heterocycles. The maximum Gasteiger partial charge on any atom is 0.332 e. The lowest BCUT2D eigenvalue weighted by atomic mass is 10.1. The molecular weight excluding hydrogens is 328 g/mol. The topological polar surface area (TPSA) is 84.5 Å². The Labute approximate surface area is 146 Å². The SMILES string of the molecule is C[C@H](OC(=O)/C=C/Sc1ccccc1)C(=O)NC(=O)NC(C)(C)C. The average molecular weight is 350 g/mol. The van der Waals surface area contributed by atoms with E-state index in [0.29, 0.717) is 0 Å². The molecule has 0 aliphatic carbocycles. The van der Waals surface area contributed by atoms with E-state index in [4.69, 9.17) is 4.74 Å². The Morgan fingerprint density at radius 2 is 1.79 bits per heavy atom. The lowest BCUT2D eigenvalue weighted by Crippen LogP contribution is -2.50. The molecule has 0 aromatic heterocycles. The molecule has 1 aromatic carbocycles. The number of benzene rings is 1. The summed E-state index contributed by atoms with van der Waals surface area (Å²) in [6.45, 7) is 6.76. The van der Waals surface area contributed by atoms with Crippen molar-refractivity contribution in [1.29, 1.82) is 0 Å². The summed E-state index contributed by atoms with van der Waals surface area (Å²) in [6, 6.07) is 8.87. The van der Waals surface area contributed by atoms with Gasteiger partial charge >= 0.3 is 12.0 Å². The fourth-order valence-corrected chi connectivity index (χ4v) is 2.17. The Morgan fingerprint density at radius 1 is 1.17 bits per heavy atom. The van der Waals surface area contributed by atoms with E-state index in [9.17, 15) is 14.4 Å². The summed E-state index contributed by atoms with van der Waals surface area (Å²) in [4.78, 5) is 36.0. The summed E-state index contributed by atoms with van der Waals surface area (Å²) in [5.41, 5.74) is -0.471. The Hall–Kier alpha value is -2.28. The number of carbonyl (C=O) groups is 3. The first-order chi connectivity index (χ1) is 11.2. The van der Waals surface area contributed by atoms with Crippen LogP contribution in [0, 0.1) is 0 Å². The van der Waals surface area contributed by atoms with Gasteiger partial charge in [0.05, 0.1) is 0 Å². The van der Waals surface area contributed by atoms with E-state index in [2.05, 4.69) is 10.6 Å². The monoisotopic (exact) mass is 350 g/mol. The maximum atomic E-state index is 11.8. The summed E-state index contributed by atoms with van der Waals surface area (Å²) >= 11 is 1.36. The van der Waals surface area contributed by atoms with Crippen LogP contribution >= 0.6 is 11.8 Å². The minimum absolute atomic E-state index is 0.471. The minimum Gasteiger partial charge on any atom is -0.449 e. The molecule has 7 heteroatoms. The first-order valence-corrected chi connectivity index (χ1v) is 8.27. The Kier molecular flexibility index (Phi) is 7.51. The van der Waals surface area contributed by atoms with Crippen LogP contribution in [0.1, 0.15) is 27.7 Å². The largest absolute Gasteiger partial charge is 0.449 e. The lowest BCUT2D eigenvalue weighted by Gasteiger charge is -2.21. The van der Waals surface area contributed by atoms with Crippen molar-refractivity contribution >= 4 is 29.7 Å². The number of imide groups is 1. The molecule has 0 spiro atoms. The van der Waals surface area contributed by atoms with Crippen LogP contribution in [-0.2, 0) is 14.3 Å². The van der Waals surface area contributed by atoms with Gasteiger partial charge in [-0.25, -0.2) is 9.59 Å². The zero-order chi connectivity index (χ0) is 18.2. The molecular formula is C17H22N2O4S. The number of amides is 3. The van der Waals surface area contributed by atoms with Gasteiger partial charge in [-0.3, -0.25) is 10.1 Å². The highest BCUT2D eigenvalue weighted by atomic mass is 32.2. The van der Waals surface area contributed by atoms with E-state index in [0.717, 1.165) is 4.90 Å². The van der Waals surface area contributed by atoms with Crippen LogP contribution in [0.5, 0.6) is 0 Å². The number of carbonyl (C=O) groups excluding carboxylic acids is 3. The summed E-state index contributed by atoms with van der Waals surface area (Å²) in [6.07, 6.45) is 0.158. The van der Waals surface area contributed by atoms with Crippen LogP contribution in [0.25, 0.3) is 0 Å². The van der Waals surface area contributed by atoms with Gasteiger partial charge < -0.3 is 10.1 Å². The van der Waals surface area contributed by atoms with E-state index < -0.39 is 29.6 Å². The maximum absolute atomic E-state index is 11.8. The molecule has 0 saturated carbocycles. The first kappa shape index (κ1) is 19.8. The van der Waals surface area contributed by atoms with Gasteiger partial charge in [-0.15, -0.1) is 0 Å². The second-order valence-corrected chi connectivity index (χ2v) is 6.99. The van der Waals surface area contributed by atoms with E-state index in [1.165, 1.54) is 24.8 Å². The van der Waals surface area contributed by atoms with Crippen LogP contribution in [0.4, 0.5) is 4.79 Å². The predicted octanol–water partition coefficient (Wildman–Crippen LogP) is 2.85. The van der Waals surface area contributed by atoms with Crippen molar-refractivity contribution in [3.8, 4) is 0 Å². The van der Waals surface area contributed by atoms with Crippen LogP contribution in [0.15, 0.2) is 46.7 Å². The molecule has 0 aliphatic rings. The fourth-order valence-electron chi connectivity index (χ4n) is 1.52. The molecule has 0 radical (unpaired) electrons. The van der Waals surface area contributed by atoms with E-state index in [1.54, 1.807) is 26.2 Å². The smallest absolute Gasteiger partial charge is 0.332 e. The summed E-state index contributed by atoms with van der Waals surface area (Å²) in [5, 5.41) is 6.29. The number of hydrogen-bond acceptors (Lipinski definition) is 5. The number of rotatable bonds is 5. The highest BCUT2D eigenvalue weighted by Crippen LogP contribution is 2.17. The van der Waals surface area contributed by atoms with E-state index in [-0.39, 0.29) is 0 Å². The highest BCUT2D eigenvalue weighted by Gasteiger charge is 2.21. The van der Waals surface area contributed by atoms with Crippen molar-refractivity contribution in [3.63, 3.8) is 0 Å². The summed E-state index contributed by atoms with van der Waals surface area (Å²) < 4.78 is 4.95. The van der Waals surface area contributed by atoms with Crippen molar-refractivity contribution < 1.29 is 19.1 Å². The van der Waals surface area contributed by atoms with E-state index >= 15 is 0 Å². The molecule has 6 nitrogen and oxygen atoms in total. The third-order valence-corrected chi connectivity index (χ3v) is 3.36. The molecule has 2 N–H and O–H groups in total. The molecule has 0 heterocycles. The van der Waals surface area contributed by atoms with Crippen LogP contribution in [-0.4, -0.2) is 29.6 Å². The minimum atomic E-state index is -1.07. The Morgan fingerprint density at radius 3 is 2.38 bits per heavy atom. The molecule has 3 amide bonds. The molecule has 130 valence electrons. The number of ether oxygens (including phenoxy) is 1. The second-order valence-electron chi connectivity index (χ2n) is 6.01. The highest BCUT2D eigenvalue weighted by molar-refractivity contribution is 8.02. The number of nitrogens with one attached hydrogen (secondary N) is 2. The Bertz CT molecular complexity index is 609. The van der Waals surface area contributed by atoms with Crippen molar-refractivity contribution in [2.75, 3.05) is 0 Å². The van der Waals surface area contributed by atoms with Gasteiger partial charge in [0.25, 0.3) is 5.91 Å². The van der Waals surface area contributed by atoms with Gasteiger partial charge in [0.15, 0.2) is 6.10 Å². The molecule has 1 atom stereocenters. The molecule has 1 aromatic rings. The number of esters is 1. The van der Waals surface area contributed by atoms with Crippen molar-refractivity contribution in [3.05, 3.63) is 41.8 Å². The molecule has 0 saturated heterocycles. The van der Waals surface area contributed by atoms with Gasteiger partial charge in [0, 0.05) is 16.5 Å². The molecule has 1 rings (SSSR count). The van der Waals surface area contributed by atoms with Crippen LogP contribution in [0.2, 0.25) is 0 Å². The van der Waals surface area contributed by atoms with Gasteiger partial charge in [0.1, 0.15) is 0 Å². The number of thioether (sulfide) groups is 1. The van der Waals surface area contributed by atoms with Crippen molar-refractivity contribution in [2.24, 2.45) is 0 Å². The van der Waals surface area contributed by atoms with Gasteiger partial charge in [-0.1, -0.05) is 30.0 Å². The molecule has 0 bridgehead atoms. The number of urea groups is 1. The van der Waals surface area contributed by atoms with Crippen molar-refractivity contribution in [1.82, 2.24) is 10.6 Å². The molecule has 0 unspecified atom stereocenters. The van der Waals surface area contributed by atoms with Crippen molar-refractivity contribution in [2.45, 2.75) is 44.2 Å². The van der Waals surface area contributed by atoms with E-state index in [1.807, 2.05) is 30.3 Å². The number of hydrogen-bond donors (Lipinski definition) is 2. The second kappa shape index (κ2) is 9.12. The normalized spacial score (nSPS) is 12.5. The lowest BCUT2D eigenvalue weighted by molar-refractivity contribution is -0.149. The summed E-state index contributed by atoms with van der Waals surface area (Å²) in [7, 11) is 0. The standard InChI is InChI=1S/C17H22N2O4S/c1-12(15(21)18-16(22)19-17(2,3)4)23-14(20)10-11-24-13-8-6-5-7-9-13/h5-12H,1-4H3,(H2,18,19,21,22)/b11-10+/t12-/m0/s1. The third-order valence-electron chi connectivity index (χ3n) is 2.54. The van der Waals surface area contributed by atoms with Crippen LogP contribution in [0.3, 0.4) is 0 Å². The fraction of sp³-hybridized carbons (Fsp3) is 0.353.